The number of hydrogen-bond acceptors (Lipinski definition) is 4. The van der Waals surface area contributed by atoms with Crippen molar-refractivity contribution in [1.82, 2.24) is 4.90 Å². The summed E-state index contributed by atoms with van der Waals surface area (Å²) >= 11 is 5.97. The Kier molecular flexibility index (Phi) is 4.64. The highest BCUT2D eigenvalue weighted by Gasteiger charge is 2.20. The topological polar surface area (TPSA) is 47.7 Å². The molecule has 4 nitrogen and oxygen atoms in total. The third kappa shape index (κ3) is 3.38. The summed E-state index contributed by atoms with van der Waals surface area (Å²) in [5, 5.41) is 0.673. The van der Waals surface area contributed by atoms with E-state index in [0.29, 0.717) is 5.02 Å². The highest BCUT2D eigenvalue weighted by Crippen LogP contribution is 2.33. The maximum absolute atomic E-state index is 6.07. The molecule has 0 spiro atoms. The summed E-state index contributed by atoms with van der Waals surface area (Å²) in [5.41, 5.74) is 10.5. The van der Waals surface area contributed by atoms with Gasteiger partial charge in [-0.2, -0.15) is 0 Å². The first-order chi connectivity index (χ1) is 11.1. The first-order valence-electron chi connectivity index (χ1n) is 7.60. The molecule has 0 bridgehead atoms. The van der Waals surface area contributed by atoms with Gasteiger partial charge in [0.05, 0.1) is 14.2 Å². The number of benzene rings is 2. The van der Waals surface area contributed by atoms with E-state index in [4.69, 9.17) is 26.8 Å². The van der Waals surface area contributed by atoms with E-state index in [1.54, 1.807) is 14.2 Å². The molecule has 0 unspecified atom stereocenters. The maximum Gasteiger partial charge on any atom is 0.161 e. The Morgan fingerprint density at radius 1 is 1.09 bits per heavy atom. The molecule has 0 saturated carbocycles. The molecular weight excluding hydrogens is 312 g/mol. The minimum Gasteiger partial charge on any atom is -0.493 e. The third-order valence-electron chi connectivity index (χ3n) is 4.30. The Labute approximate surface area is 141 Å². The molecular formula is C18H21ClN2O2. The zero-order chi connectivity index (χ0) is 16.4. The van der Waals surface area contributed by atoms with Crippen LogP contribution in [0.1, 0.15) is 16.7 Å². The summed E-state index contributed by atoms with van der Waals surface area (Å²) in [7, 11) is 3.34. The smallest absolute Gasteiger partial charge is 0.161 e. The van der Waals surface area contributed by atoms with E-state index in [0.717, 1.165) is 48.8 Å². The maximum atomic E-state index is 6.07. The Morgan fingerprint density at radius 3 is 2.43 bits per heavy atom. The standard InChI is InChI=1S/C18H21ClN2O2/c1-22-17-7-12-5-6-21(11-14(12)8-18(17)23-2)10-13-3-4-15(19)9-16(13)20/h3-4,7-9H,5-6,10-11,20H2,1-2H3. The van der Waals surface area contributed by atoms with Crippen molar-refractivity contribution >= 4 is 17.3 Å². The number of fused-ring (bicyclic) bond motifs is 1. The summed E-state index contributed by atoms with van der Waals surface area (Å²) < 4.78 is 10.8. The average molecular weight is 333 g/mol. The first kappa shape index (κ1) is 16.0. The molecule has 0 aromatic heterocycles. The molecule has 122 valence electrons. The van der Waals surface area contributed by atoms with Crippen molar-refractivity contribution in [3.63, 3.8) is 0 Å². The van der Waals surface area contributed by atoms with Gasteiger partial charge in [0, 0.05) is 30.3 Å². The third-order valence-corrected chi connectivity index (χ3v) is 4.53. The van der Waals surface area contributed by atoms with Crippen LogP contribution in [0, 0.1) is 0 Å². The molecule has 0 aliphatic carbocycles. The van der Waals surface area contributed by atoms with Crippen LogP contribution in [0.25, 0.3) is 0 Å². The molecule has 1 aliphatic rings. The molecule has 0 atom stereocenters. The number of anilines is 1. The molecule has 1 aliphatic heterocycles. The number of rotatable bonds is 4. The van der Waals surface area contributed by atoms with E-state index >= 15 is 0 Å². The van der Waals surface area contributed by atoms with Gasteiger partial charge in [0.25, 0.3) is 0 Å². The Balaban J connectivity index is 1.79. The van der Waals surface area contributed by atoms with Crippen LogP contribution < -0.4 is 15.2 Å². The Hall–Kier alpha value is -1.91. The summed E-state index contributed by atoms with van der Waals surface area (Å²) in [6.45, 7) is 2.68. The van der Waals surface area contributed by atoms with Crippen molar-refractivity contribution in [2.45, 2.75) is 19.5 Å². The fraction of sp³-hybridized carbons (Fsp3) is 0.333. The van der Waals surface area contributed by atoms with Crippen molar-refractivity contribution in [3.8, 4) is 11.5 Å². The predicted octanol–water partition coefficient (Wildman–Crippen LogP) is 3.50. The van der Waals surface area contributed by atoms with E-state index < -0.39 is 0 Å². The largest absolute Gasteiger partial charge is 0.493 e. The summed E-state index contributed by atoms with van der Waals surface area (Å²) in [6.07, 6.45) is 0.989. The zero-order valence-electron chi connectivity index (χ0n) is 13.4. The fourth-order valence-electron chi connectivity index (χ4n) is 3.03. The van der Waals surface area contributed by atoms with E-state index in [1.165, 1.54) is 11.1 Å². The average Bonchev–Trinajstić information content (AvgIpc) is 2.56. The molecule has 5 heteroatoms. The zero-order valence-corrected chi connectivity index (χ0v) is 14.2. The van der Waals surface area contributed by atoms with Crippen LogP contribution in [-0.2, 0) is 19.5 Å². The second kappa shape index (κ2) is 6.69. The van der Waals surface area contributed by atoms with Crippen molar-refractivity contribution in [2.24, 2.45) is 0 Å². The second-order valence-corrected chi connectivity index (χ2v) is 6.22. The molecule has 3 rings (SSSR count). The molecule has 2 aromatic carbocycles. The van der Waals surface area contributed by atoms with Gasteiger partial charge in [0.2, 0.25) is 0 Å². The highest BCUT2D eigenvalue weighted by molar-refractivity contribution is 6.30. The van der Waals surface area contributed by atoms with Gasteiger partial charge in [0.1, 0.15) is 0 Å². The van der Waals surface area contributed by atoms with Gasteiger partial charge in [-0.25, -0.2) is 0 Å². The summed E-state index contributed by atoms with van der Waals surface area (Å²) in [6, 6.07) is 9.86. The van der Waals surface area contributed by atoms with Crippen molar-refractivity contribution in [2.75, 3.05) is 26.5 Å². The van der Waals surface area contributed by atoms with Gasteiger partial charge in [-0.05, 0) is 47.4 Å². The van der Waals surface area contributed by atoms with Gasteiger partial charge in [0.15, 0.2) is 11.5 Å². The quantitative estimate of drug-likeness (QED) is 0.871. The molecule has 0 amide bonds. The first-order valence-corrected chi connectivity index (χ1v) is 7.98. The van der Waals surface area contributed by atoms with E-state index in [2.05, 4.69) is 17.0 Å². The second-order valence-electron chi connectivity index (χ2n) is 5.78. The molecule has 0 fully saturated rings. The number of nitrogen functional groups attached to an aromatic ring is 1. The number of hydrogen-bond donors (Lipinski definition) is 1. The SMILES string of the molecule is COc1cc2c(cc1OC)CN(Cc1ccc(Cl)cc1N)CC2. The Morgan fingerprint density at radius 2 is 1.78 bits per heavy atom. The van der Waals surface area contributed by atoms with Gasteiger partial charge in [-0.3, -0.25) is 4.90 Å². The minimum absolute atomic E-state index is 0.673. The number of nitrogens with zero attached hydrogens (tertiary/aromatic N) is 1. The van der Waals surface area contributed by atoms with Gasteiger partial charge in [-0.1, -0.05) is 17.7 Å². The number of halogens is 1. The van der Waals surface area contributed by atoms with Crippen LogP contribution in [0.4, 0.5) is 5.69 Å². The molecule has 0 radical (unpaired) electrons. The fourth-order valence-corrected chi connectivity index (χ4v) is 3.21. The lowest BCUT2D eigenvalue weighted by atomic mass is 9.98. The van der Waals surface area contributed by atoms with E-state index in [-0.39, 0.29) is 0 Å². The van der Waals surface area contributed by atoms with Gasteiger partial charge >= 0.3 is 0 Å². The molecule has 2 aromatic rings. The van der Waals surface area contributed by atoms with Crippen LogP contribution in [0.15, 0.2) is 30.3 Å². The normalized spacial score (nSPS) is 14.4. The van der Waals surface area contributed by atoms with Crippen molar-refractivity contribution < 1.29 is 9.47 Å². The van der Waals surface area contributed by atoms with Crippen LogP contribution in [0.5, 0.6) is 11.5 Å². The number of methoxy groups -OCH3 is 2. The van der Waals surface area contributed by atoms with Crippen molar-refractivity contribution in [1.29, 1.82) is 0 Å². The summed E-state index contributed by atoms with van der Waals surface area (Å²) in [4.78, 5) is 2.38. The van der Waals surface area contributed by atoms with Gasteiger partial charge < -0.3 is 15.2 Å². The number of ether oxygens (including phenoxy) is 2. The molecule has 1 heterocycles. The monoisotopic (exact) mass is 332 g/mol. The van der Waals surface area contributed by atoms with Crippen LogP contribution in [0.3, 0.4) is 0 Å². The van der Waals surface area contributed by atoms with Crippen LogP contribution >= 0.6 is 11.6 Å². The van der Waals surface area contributed by atoms with Crippen LogP contribution in [-0.4, -0.2) is 25.7 Å². The van der Waals surface area contributed by atoms with Crippen LogP contribution in [0.2, 0.25) is 5.02 Å². The van der Waals surface area contributed by atoms with Crippen molar-refractivity contribution in [3.05, 3.63) is 52.0 Å². The Bertz CT molecular complexity index is 718. The predicted molar refractivity (Wildman–Crippen MR) is 93.2 cm³/mol. The molecule has 2 N–H and O–H groups in total. The lowest BCUT2D eigenvalue weighted by Gasteiger charge is -2.30. The molecule has 23 heavy (non-hydrogen) atoms. The van der Waals surface area contributed by atoms with E-state index in [9.17, 15) is 0 Å². The van der Waals surface area contributed by atoms with Gasteiger partial charge in [-0.15, -0.1) is 0 Å². The number of nitrogens with two attached hydrogens (primary N) is 1. The lowest BCUT2D eigenvalue weighted by Crippen LogP contribution is -2.30. The van der Waals surface area contributed by atoms with E-state index in [1.807, 2.05) is 18.2 Å². The minimum atomic E-state index is 0.673. The highest BCUT2D eigenvalue weighted by atomic mass is 35.5. The lowest BCUT2D eigenvalue weighted by molar-refractivity contribution is 0.244. The molecule has 0 saturated heterocycles. The summed E-state index contributed by atoms with van der Waals surface area (Å²) in [5.74, 6) is 1.57.